The predicted molar refractivity (Wildman–Crippen MR) is 82.5 cm³/mol. The smallest absolute Gasteiger partial charge is 0.242 e. The fourth-order valence-electron chi connectivity index (χ4n) is 3.05. The number of benzene rings is 1. The van der Waals surface area contributed by atoms with Gasteiger partial charge in [-0.05, 0) is 26.2 Å². The summed E-state index contributed by atoms with van der Waals surface area (Å²) in [5.74, 6) is -11.6. The number of hydrogen-bond donors (Lipinski definition) is 0. The van der Waals surface area contributed by atoms with Gasteiger partial charge in [-0.2, -0.15) is 0 Å². The van der Waals surface area contributed by atoms with Crippen LogP contribution in [0, 0.1) is 29.1 Å². The molecule has 1 atom stereocenters. The van der Waals surface area contributed by atoms with Crippen molar-refractivity contribution in [1.29, 1.82) is 0 Å². The maximum absolute atomic E-state index is 14.0. The SMILES string of the molecule is CC(=O)N(CC(=O)N1CCCCC1)C(C)c1c(F)c(F)c(F)c(F)c1F. The number of likely N-dealkylation sites (tertiary alicyclic amines) is 1. The number of nitrogens with zero attached hydrogens (tertiary/aromatic N) is 2. The number of carbonyl (C=O) groups is 2. The van der Waals surface area contributed by atoms with Gasteiger partial charge in [0.1, 0.15) is 6.54 Å². The highest BCUT2D eigenvalue weighted by Gasteiger charge is 2.33. The molecule has 0 aromatic heterocycles. The highest BCUT2D eigenvalue weighted by atomic mass is 19.2. The first-order valence-electron chi connectivity index (χ1n) is 8.23. The van der Waals surface area contributed by atoms with Gasteiger partial charge < -0.3 is 9.80 Å². The summed E-state index contributed by atoms with van der Waals surface area (Å²) in [6.45, 7) is 2.67. The van der Waals surface area contributed by atoms with Crippen molar-refractivity contribution >= 4 is 11.8 Å². The van der Waals surface area contributed by atoms with Gasteiger partial charge in [0, 0.05) is 20.0 Å². The predicted octanol–water partition coefficient (Wildman–Crippen LogP) is 3.30. The Balaban J connectivity index is 2.33. The molecule has 0 radical (unpaired) electrons. The van der Waals surface area contributed by atoms with Crippen molar-refractivity contribution in [1.82, 2.24) is 9.80 Å². The van der Waals surface area contributed by atoms with E-state index in [4.69, 9.17) is 0 Å². The van der Waals surface area contributed by atoms with Crippen LogP contribution < -0.4 is 0 Å². The molecule has 9 heteroatoms. The van der Waals surface area contributed by atoms with Crippen LogP contribution in [0.3, 0.4) is 0 Å². The molecular formula is C17H19F5N2O2. The Kier molecular flexibility index (Phi) is 6.20. The van der Waals surface area contributed by atoms with Crippen LogP contribution in [-0.2, 0) is 9.59 Å². The molecule has 0 aliphatic carbocycles. The van der Waals surface area contributed by atoms with Gasteiger partial charge in [0.2, 0.25) is 17.6 Å². The Morgan fingerprint density at radius 1 is 0.923 bits per heavy atom. The van der Waals surface area contributed by atoms with Gasteiger partial charge in [-0.1, -0.05) is 0 Å². The average Bonchev–Trinajstić information content (AvgIpc) is 2.63. The van der Waals surface area contributed by atoms with E-state index < -0.39 is 59.1 Å². The zero-order valence-corrected chi connectivity index (χ0v) is 14.4. The third-order valence-electron chi connectivity index (χ3n) is 4.55. The van der Waals surface area contributed by atoms with Crippen molar-refractivity contribution in [2.24, 2.45) is 0 Å². The average molecular weight is 378 g/mol. The van der Waals surface area contributed by atoms with Crippen LogP contribution in [0.2, 0.25) is 0 Å². The first-order chi connectivity index (χ1) is 12.2. The number of hydrogen-bond acceptors (Lipinski definition) is 2. The zero-order chi connectivity index (χ0) is 19.6. The second-order valence-corrected chi connectivity index (χ2v) is 6.25. The summed E-state index contributed by atoms with van der Waals surface area (Å²) in [7, 11) is 0. The fraction of sp³-hybridized carbons (Fsp3) is 0.529. The molecule has 0 N–H and O–H groups in total. The Bertz CT molecular complexity index is 691. The summed E-state index contributed by atoms with van der Waals surface area (Å²) >= 11 is 0. The molecule has 144 valence electrons. The summed E-state index contributed by atoms with van der Waals surface area (Å²) in [6, 6.07) is -1.51. The third-order valence-corrected chi connectivity index (χ3v) is 4.55. The van der Waals surface area contributed by atoms with Gasteiger partial charge in [0.15, 0.2) is 23.3 Å². The molecule has 1 fully saturated rings. The lowest BCUT2D eigenvalue weighted by Crippen LogP contribution is -2.45. The van der Waals surface area contributed by atoms with Crippen LogP contribution in [0.4, 0.5) is 22.0 Å². The number of halogens is 5. The monoisotopic (exact) mass is 378 g/mol. The van der Waals surface area contributed by atoms with Crippen LogP contribution in [0.25, 0.3) is 0 Å². The van der Waals surface area contributed by atoms with Gasteiger partial charge in [-0.15, -0.1) is 0 Å². The van der Waals surface area contributed by atoms with E-state index in [1.54, 1.807) is 0 Å². The van der Waals surface area contributed by atoms with Crippen molar-refractivity contribution in [2.45, 2.75) is 39.2 Å². The van der Waals surface area contributed by atoms with Crippen LogP contribution in [-0.4, -0.2) is 41.2 Å². The van der Waals surface area contributed by atoms with Gasteiger partial charge in [-0.25, -0.2) is 22.0 Å². The maximum Gasteiger partial charge on any atom is 0.242 e. The third kappa shape index (κ3) is 3.81. The van der Waals surface area contributed by atoms with Gasteiger partial charge >= 0.3 is 0 Å². The Hall–Kier alpha value is -2.19. The summed E-state index contributed by atoms with van der Waals surface area (Å²) in [5.41, 5.74) is -1.14. The van der Waals surface area contributed by atoms with E-state index in [1.807, 2.05) is 0 Å². The summed E-state index contributed by atoms with van der Waals surface area (Å²) in [6.07, 6.45) is 2.58. The van der Waals surface area contributed by atoms with E-state index in [1.165, 1.54) is 4.90 Å². The highest BCUT2D eigenvalue weighted by Crippen LogP contribution is 2.31. The van der Waals surface area contributed by atoms with E-state index in [0.717, 1.165) is 38.0 Å². The van der Waals surface area contributed by atoms with Crippen LogP contribution in [0.5, 0.6) is 0 Å². The Morgan fingerprint density at radius 2 is 1.38 bits per heavy atom. The van der Waals surface area contributed by atoms with E-state index >= 15 is 0 Å². The first-order valence-corrected chi connectivity index (χ1v) is 8.23. The topological polar surface area (TPSA) is 40.6 Å². The summed E-state index contributed by atoms with van der Waals surface area (Å²) in [4.78, 5) is 26.5. The molecular weight excluding hydrogens is 359 g/mol. The molecule has 4 nitrogen and oxygen atoms in total. The molecule has 1 aromatic carbocycles. The molecule has 2 amide bonds. The molecule has 2 rings (SSSR count). The summed E-state index contributed by atoms with van der Waals surface area (Å²) < 4.78 is 68.1. The van der Waals surface area contributed by atoms with Crippen LogP contribution in [0.1, 0.15) is 44.7 Å². The fourth-order valence-corrected chi connectivity index (χ4v) is 3.05. The highest BCUT2D eigenvalue weighted by molar-refractivity contribution is 5.84. The Morgan fingerprint density at radius 3 is 1.85 bits per heavy atom. The van der Waals surface area contributed by atoms with Crippen LogP contribution in [0.15, 0.2) is 0 Å². The van der Waals surface area contributed by atoms with Crippen LogP contribution >= 0.6 is 0 Å². The van der Waals surface area contributed by atoms with Crippen molar-refractivity contribution in [2.75, 3.05) is 19.6 Å². The van der Waals surface area contributed by atoms with E-state index in [2.05, 4.69) is 0 Å². The second-order valence-electron chi connectivity index (χ2n) is 6.25. The lowest BCUT2D eigenvalue weighted by atomic mass is 10.0. The van der Waals surface area contributed by atoms with Crippen molar-refractivity contribution < 1.29 is 31.5 Å². The summed E-state index contributed by atoms with van der Waals surface area (Å²) in [5, 5.41) is 0. The first kappa shape index (κ1) is 20.1. The van der Waals surface area contributed by atoms with Crippen molar-refractivity contribution in [3.05, 3.63) is 34.6 Å². The molecule has 1 unspecified atom stereocenters. The molecule has 1 heterocycles. The van der Waals surface area contributed by atoms with Gasteiger partial charge in [0.05, 0.1) is 11.6 Å². The Labute approximate surface area is 147 Å². The molecule has 1 aliphatic heterocycles. The number of rotatable bonds is 4. The molecule has 26 heavy (non-hydrogen) atoms. The molecule has 1 saturated heterocycles. The minimum absolute atomic E-state index is 0.435. The standard InChI is InChI=1S/C17H19F5N2O2/c1-9(12-13(18)15(20)17(22)16(21)14(12)19)24(10(2)25)8-11(26)23-6-4-3-5-7-23/h9H,3-8H2,1-2H3. The van der Waals surface area contributed by atoms with Gasteiger partial charge in [0.25, 0.3) is 0 Å². The molecule has 0 spiro atoms. The molecule has 0 saturated carbocycles. The van der Waals surface area contributed by atoms with Gasteiger partial charge in [-0.3, -0.25) is 9.59 Å². The minimum Gasteiger partial charge on any atom is -0.341 e. The lowest BCUT2D eigenvalue weighted by Gasteiger charge is -2.33. The minimum atomic E-state index is -2.27. The largest absolute Gasteiger partial charge is 0.341 e. The van der Waals surface area contributed by atoms with E-state index in [9.17, 15) is 31.5 Å². The van der Waals surface area contributed by atoms with Crippen molar-refractivity contribution in [3.8, 4) is 0 Å². The number of carbonyl (C=O) groups excluding carboxylic acids is 2. The molecule has 1 aliphatic rings. The molecule has 0 bridgehead atoms. The van der Waals surface area contributed by atoms with E-state index in [-0.39, 0.29) is 0 Å². The zero-order valence-electron chi connectivity index (χ0n) is 14.4. The molecule has 1 aromatic rings. The second kappa shape index (κ2) is 8.01. The normalized spacial score (nSPS) is 15.7. The number of piperidine rings is 1. The quantitative estimate of drug-likeness (QED) is 0.458. The van der Waals surface area contributed by atoms with Crippen molar-refractivity contribution in [3.63, 3.8) is 0 Å². The lowest BCUT2D eigenvalue weighted by molar-refractivity contribution is -0.141. The van der Waals surface area contributed by atoms with E-state index in [0.29, 0.717) is 13.1 Å². The number of amides is 2. The maximum atomic E-state index is 14.0.